The van der Waals surface area contributed by atoms with Crippen molar-refractivity contribution in [3.63, 3.8) is 0 Å². The first-order valence-corrected chi connectivity index (χ1v) is 8.74. The minimum atomic E-state index is -0.459. The zero-order chi connectivity index (χ0) is 18.4. The van der Waals surface area contributed by atoms with E-state index in [1.54, 1.807) is 12.1 Å². The maximum atomic E-state index is 13.6. The van der Waals surface area contributed by atoms with Crippen molar-refractivity contribution in [1.29, 1.82) is 0 Å². The van der Waals surface area contributed by atoms with Crippen LogP contribution in [0.25, 0.3) is 0 Å². The van der Waals surface area contributed by atoms with Crippen molar-refractivity contribution in [3.05, 3.63) is 60.4 Å². The summed E-state index contributed by atoms with van der Waals surface area (Å²) >= 11 is 0. The number of benzene rings is 2. The topological polar surface area (TPSA) is 61.4 Å². The zero-order valence-corrected chi connectivity index (χ0v) is 14.5. The molecule has 3 rings (SSSR count). The third-order valence-electron chi connectivity index (χ3n) is 4.43. The highest BCUT2D eigenvalue weighted by Crippen LogP contribution is 2.19. The van der Waals surface area contributed by atoms with Crippen LogP contribution in [0.2, 0.25) is 0 Å². The van der Waals surface area contributed by atoms with Gasteiger partial charge in [-0.1, -0.05) is 30.3 Å². The maximum Gasteiger partial charge on any atom is 0.238 e. The number of rotatable bonds is 5. The first kappa shape index (κ1) is 18.1. The molecule has 0 saturated carbocycles. The molecule has 1 unspecified atom stereocenters. The van der Waals surface area contributed by atoms with Crippen LogP contribution in [0.3, 0.4) is 0 Å². The van der Waals surface area contributed by atoms with E-state index in [1.165, 1.54) is 12.1 Å². The molecule has 1 aliphatic rings. The third kappa shape index (κ3) is 4.89. The Balaban J connectivity index is 1.52. The molecule has 1 fully saturated rings. The molecule has 1 aliphatic heterocycles. The van der Waals surface area contributed by atoms with Crippen LogP contribution in [0.1, 0.15) is 12.8 Å². The van der Waals surface area contributed by atoms with Crippen molar-refractivity contribution in [2.45, 2.75) is 12.8 Å². The van der Waals surface area contributed by atoms with Crippen molar-refractivity contribution in [2.75, 3.05) is 30.3 Å². The van der Waals surface area contributed by atoms with Crippen LogP contribution in [-0.4, -0.2) is 36.3 Å². The van der Waals surface area contributed by atoms with Gasteiger partial charge in [-0.2, -0.15) is 0 Å². The molecular formula is C20H22FN3O2. The predicted molar refractivity (Wildman–Crippen MR) is 99.3 cm³/mol. The SMILES string of the molecule is O=C(CN1CCCC(C(=O)Nc2ccccc2)C1)Nc1ccccc1F. The van der Waals surface area contributed by atoms with Gasteiger partial charge >= 0.3 is 0 Å². The molecule has 0 radical (unpaired) electrons. The summed E-state index contributed by atoms with van der Waals surface area (Å²) in [6.07, 6.45) is 1.64. The van der Waals surface area contributed by atoms with E-state index in [2.05, 4.69) is 10.6 Å². The van der Waals surface area contributed by atoms with Gasteiger partial charge in [0.15, 0.2) is 0 Å². The second-order valence-corrected chi connectivity index (χ2v) is 6.46. The number of carbonyl (C=O) groups is 2. The fourth-order valence-electron chi connectivity index (χ4n) is 3.13. The van der Waals surface area contributed by atoms with Gasteiger partial charge in [-0.15, -0.1) is 0 Å². The van der Waals surface area contributed by atoms with Crippen LogP contribution in [0.15, 0.2) is 54.6 Å². The standard InChI is InChI=1S/C20H22FN3O2/c21-17-10-4-5-11-18(17)23-19(25)14-24-12-6-7-15(13-24)20(26)22-16-8-2-1-3-9-16/h1-5,8-11,15H,6-7,12-14H2,(H,22,26)(H,23,25). The quantitative estimate of drug-likeness (QED) is 0.866. The van der Waals surface area contributed by atoms with Gasteiger partial charge in [0.1, 0.15) is 5.82 Å². The lowest BCUT2D eigenvalue weighted by Crippen LogP contribution is -2.44. The highest BCUT2D eigenvalue weighted by atomic mass is 19.1. The van der Waals surface area contributed by atoms with Gasteiger partial charge in [0, 0.05) is 12.2 Å². The van der Waals surface area contributed by atoms with Crippen LogP contribution in [0.5, 0.6) is 0 Å². The molecule has 1 atom stereocenters. The highest BCUT2D eigenvalue weighted by Gasteiger charge is 2.27. The largest absolute Gasteiger partial charge is 0.326 e. The number of piperidine rings is 1. The second kappa shape index (κ2) is 8.58. The van der Waals surface area contributed by atoms with Crippen molar-refractivity contribution >= 4 is 23.2 Å². The fourth-order valence-corrected chi connectivity index (χ4v) is 3.13. The summed E-state index contributed by atoms with van der Waals surface area (Å²) < 4.78 is 13.6. The number of hydrogen-bond acceptors (Lipinski definition) is 3. The summed E-state index contributed by atoms with van der Waals surface area (Å²) in [5.74, 6) is -0.931. The summed E-state index contributed by atoms with van der Waals surface area (Å²) in [5.41, 5.74) is 0.944. The molecule has 0 aromatic heterocycles. The Morgan fingerprint density at radius 2 is 1.77 bits per heavy atom. The van der Waals surface area contributed by atoms with Crippen molar-refractivity contribution < 1.29 is 14.0 Å². The number of halogens is 1. The lowest BCUT2D eigenvalue weighted by molar-refractivity contribution is -0.123. The number of amides is 2. The van der Waals surface area contributed by atoms with Gasteiger partial charge in [0.2, 0.25) is 11.8 Å². The maximum absolute atomic E-state index is 13.6. The van der Waals surface area contributed by atoms with E-state index in [4.69, 9.17) is 0 Å². The van der Waals surface area contributed by atoms with Gasteiger partial charge in [-0.25, -0.2) is 4.39 Å². The smallest absolute Gasteiger partial charge is 0.238 e. The third-order valence-corrected chi connectivity index (χ3v) is 4.43. The van der Waals surface area contributed by atoms with E-state index in [0.717, 1.165) is 25.1 Å². The summed E-state index contributed by atoms with van der Waals surface area (Å²) in [6, 6.07) is 15.4. The van der Waals surface area contributed by atoms with Crippen LogP contribution in [-0.2, 0) is 9.59 Å². The molecular weight excluding hydrogens is 333 g/mol. The van der Waals surface area contributed by atoms with Crippen molar-refractivity contribution in [1.82, 2.24) is 4.90 Å². The Morgan fingerprint density at radius 3 is 2.54 bits per heavy atom. The Kier molecular flexibility index (Phi) is 5.96. The van der Waals surface area contributed by atoms with E-state index in [1.807, 2.05) is 35.2 Å². The van der Waals surface area contributed by atoms with Crippen molar-refractivity contribution in [3.8, 4) is 0 Å². The van der Waals surface area contributed by atoms with E-state index in [-0.39, 0.29) is 30.0 Å². The number of likely N-dealkylation sites (tertiary alicyclic amines) is 1. The van der Waals surface area contributed by atoms with E-state index in [0.29, 0.717) is 6.54 Å². The number of hydrogen-bond donors (Lipinski definition) is 2. The van der Waals surface area contributed by atoms with E-state index >= 15 is 0 Å². The molecule has 136 valence electrons. The first-order valence-electron chi connectivity index (χ1n) is 8.74. The Hall–Kier alpha value is -2.73. The van der Waals surface area contributed by atoms with Gasteiger partial charge in [0.25, 0.3) is 0 Å². The second-order valence-electron chi connectivity index (χ2n) is 6.46. The molecule has 2 aromatic rings. The normalized spacial score (nSPS) is 17.5. The average molecular weight is 355 g/mol. The lowest BCUT2D eigenvalue weighted by Gasteiger charge is -2.31. The fraction of sp³-hybridized carbons (Fsp3) is 0.300. The lowest BCUT2D eigenvalue weighted by atomic mass is 9.97. The Morgan fingerprint density at radius 1 is 1.04 bits per heavy atom. The molecule has 2 aromatic carbocycles. The van der Waals surface area contributed by atoms with Gasteiger partial charge in [0.05, 0.1) is 18.2 Å². The molecule has 2 N–H and O–H groups in total. The van der Waals surface area contributed by atoms with Gasteiger partial charge in [-0.3, -0.25) is 14.5 Å². The van der Waals surface area contributed by atoms with Crippen LogP contribution in [0, 0.1) is 11.7 Å². The van der Waals surface area contributed by atoms with Crippen LogP contribution in [0.4, 0.5) is 15.8 Å². The molecule has 0 spiro atoms. The molecule has 1 heterocycles. The minimum absolute atomic E-state index is 0.0320. The number of anilines is 2. The number of para-hydroxylation sites is 2. The molecule has 5 nitrogen and oxygen atoms in total. The van der Waals surface area contributed by atoms with Gasteiger partial charge in [-0.05, 0) is 43.7 Å². The molecule has 6 heteroatoms. The molecule has 0 bridgehead atoms. The summed E-state index contributed by atoms with van der Waals surface area (Å²) in [4.78, 5) is 26.6. The zero-order valence-electron chi connectivity index (χ0n) is 14.5. The highest BCUT2D eigenvalue weighted by molar-refractivity contribution is 5.93. The van der Waals surface area contributed by atoms with Crippen LogP contribution < -0.4 is 10.6 Å². The van der Waals surface area contributed by atoms with Crippen molar-refractivity contribution in [2.24, 2.45) is 5.92 Å². The van der Waals surface area contributed by atoms with E-state index in [9.17, 15) is 14.0 Å². The first-order chi connectivity index (χ1) is 12.6. The van der Waals surface area contributed by atoms with E-state index < -0.39 is 5.82 Å². The molecule has 26 heavy (non-hydrogen) atoms. The predicted octanol–water partition coefficient (Wildman–Crippen LogP) is 3.11. The summed E-state index contributed by atoms with van der Waals surface area (Å²) in [6.45, 7) is 1.41. The monoisotopic (exact) mass is 355 g/mol. The Bertz CT molecular complexity index is 767. The van der Waals surface area contributed by atoms with Crippen LogP contribution >= 0.6 is 0 Å². The molecule has 1 saturated heterocycles. The number of nitrogens with zero attached hydrogens (tertiary/aromatic N) is 1. The Labute approximate surface area is 152 Å². The number of carbonyl (C=O) groups excluding carboxylic acids is 2. The summed E-state index contributed by atoms with van der Waals surface area (Å²) in [5, 5.41) is 5.50. The molecule has 2 amide bonds. The average Bonchev–Trinajstić information content (AvgIpc) is 2.64. The minimum Gasteiger partial charge on any atom is -0.326 e. The molecule has 0 aliphatic carbocycles. The summed E-state index contributed by atoms with van der Waals surface area (Å²) in [7, 11) is 0. The number of nitrogens with one attached hydrogen (secondary N) is 2. The van der Waals surface area contributed by atoms with Gasteiger partial charge < -0.3 is 10.6 Å².